The number of rotatable bonds is 4. The second-order valence-electron chi connectivity index (χ2n) is 5.84. The summed E-state index contributed by atoms with van der Waals surface area (Å²) in [5.74, 6) is -0.488. The smallest absolute Gasteiger partial charge is 0.272 e. The predicted octanol–water partition coefficient (Wildman–Crippen LogP) is 2.03. The van der Waals surface area contributed by atoms with Crippen LogP contribution in [0.2, 0.25) is 0 Å². The molecule has 0 spiro atoms. The van der Waals surface area contributed by atoms with Crippen LogP contribution in [0.25, 0.3) is 0 Å². The summed E-state index contributed by atoms with van der Waals surface area (Å²) in [6.45, 7) is 4.70. The van der Waals surface area contributed by atoms with Gasteiger partial charge in [0.15, 0.2) is 0 Å². The summed E-state index contributed by atoms with van der Waals surface area (Å²) >= 11 is 0. The molecule has 1 fully saturated rings. The Kier molecular flexibility index (Phi) is 5.31. The number of nitrogens with one attached hydrogen (secondary N) is 1. The Balaban J connectivity index is 2.01. The highest BCUT2D eigenvalue weighted by Gasteiger charge is 2.24. The number of nitro groups is 1. The zero-order chi connectivity index (χ0) is 17.0. The summed E-state index contributed by atoms with van der Waals surface area (Å²) in [6.07, 6.45) is 3.12. The summed E-state index contributed by atoms with van der Waals surface area (Å²) in [4.78, 5) is 36.6. The number of likely N-dealkylation sites (tertiary alicyclic amines) is 1. The number of amides is 2. The Bertz CT molecular complexity index is 624. The van der Waals surface area contributed by atoms with Crippen molar-refractivity contribution in [2.75, 3.05) is 13.1 Å². The fourth-order valence-corrected chi connectivity index (χ4v) is 2.73. The topological polar surface area (TPSA) is 92.6 Å². The minimum Gasteiger partial charge on any atom is -0.341 e. The van der Waals surface area contributed by atoms with E-state index in [1.54, 1.807) is 18.7 Å². The van der Waals surface area contributed by atoms with Gasteiger partial charge in [0.05, 0.1) is 4.92 Å². The number of carbonyl (C=O) groups is 2. The van der Waals surface area contributed by atoms with Gasteiger partial charge in [0, 0.05) is 30.3 Å². The molecule has 124 valence electrons. The number of benzene rings is 1. The van der Waals surface area contributed by atoms with E-state index in [4.69, 9.17) is 0 Å². The Labute approximate surface area is 134 Å². The van der Waals surface area contributed by atoms with Crippen LogP contribution in [0.5, 0.6) is 0 Å². The zero-order valence-electron chi connectivity index (χ0n) is 13.4. The van der Waals surface area contributed by atoms with Crippen molar-refractivity contribution in [1.82, 2.24) is 10.2 Å². The van der Waals surface area contributed by atoms with Crippen LogP contribution in [0.1, 0.15) is 42.1 Å². The van der Waals surface area contributed by atoms with Gasteiger partial charge in [-0.15, -0.1) is 0 Å². The number of nitro benzene ring substituents is 1. The lowest BCUT2D eigenvalue weighted by Gasteiger charge is -2.29. The molecule has 0 saturated carbocycles. The molecule has 0 radical (unpaired) electrons. The van der Waals surface area contributed by atoms with E-state index in [9.17, 15) is 19.7 Å². The number of piperidine rings is 1. The van der Waals surface area contributed by atoms with Gasteiger partial charge >= 0.3 is 0 Å². The van der Waals surface area contributed by atoms with E-state index in [-0.39, 0.29) is 11.6 Å². The highest BCUT2D eigenvalue weighted by Crippen LogP contribution is 2.19. The predicted molar refractivity (Wildman–Crippen MR) is 85.2 cm³/mol. The highest BCUT2D eigenvalue weighted by molar-refractivity contribution is 5.97. The fourth-order valence-electron chi connectivity index (χ4n) is 2.73. The molecule has 0 aliphatic carbocycles. The second-order valence-corrected chi connectivity index (χ2v) is 5.84. The Morgan fingerprint density at radius 3 is 2.48 bits per heavy atom. The number of nitrogens with zero attached hydrogens (tertiary/aromatic N) is 2. The van der Waals surface area contributed by atoms with Gasteiger partial charge < -0.3 is 10.2 Å². The van der Waals surface area contributed by atoms with E-state index in [1.165, 1.54) is 18.2 Å². The normalized spacial score (nSPS) is 15.8. The molecule has 1 unspecified atom stereocenters. The summed E-state index contributed by atoms with van der Waals surface area (Å²) in [5, 5.41) is 13.5. The average molecular weight is 319 g/mol. The molecule has 1 saturated heterocycles. The van der Waals surface area contributed by atoms with E-state index < -0.39 is 16.9 Å². The molecule has 1 atom stereocenters. The van der Waals surface area contributed by atoms with Crippen LogP contribution in [0, 0.1) is 17.0 Å². The van der Waals surface area contributed by atoms with E-state index >= 15 is 0 Å². The molecular weight excluding hydrogens is 298 g/mol. The Morgan fingerprint density at radius 1 is 1.26 bits per heavy atom. The van der Waals surface area contributed by atoms with Crippen LogP contribution in [-0.4, -0.2) is 40.8 Å². The molecule has 7 heteroatoms. The SMILES string of the molecule is Cc1cc(C(=O)NC(C)C(=O)N2CCCCC2)ccc1[N+](=O)[O-]. The van der Waals surface area contributed by atoms with Crippen molar-refractivity contribution >= 4 is 17.5 Å². The van der Waals surface area contributed by atoms with Crippen molar-refractivity contribution in [2.45, 2.75) is 39.2 Å². The molecule has 0 bridgehead atoms. The highest BCUT2D eigenvalue weighted by atomic mass is 16.6. The van der Waals surface area contributed by atoms with Gasteiger partial charge in [0.25, 0.3) is 11.6 Å². The number of hydrogen-bond acceptors (Lipinski definition) is 4. The first-order valence-electron chi connectivity index (χ1n) is 7.75. The second kappa shape index (κ2) is 7.21. The first-order chi connectivity index (χ1) is 10.9. The van der Waals surface area contributed by atoms with Crippen LogP contribution >= 0.6 is 0 Å². The number of hydrogen-bond donors (Lipinski definition) is 1. The molecule has 2 rings (SSSR count). The maximum absolute atomic E-state index is 12.3. The molecule has 1 aliphatic heterocycles. The van der Waals surface area contributed by atoms with Crippen molar-refractivity contribution in [2.24, 2.45) is 0 Å². The molecule has 1 aromatic carbocycles. The monoisotopic (exact) mass is 319 g/mol. The van der Waals surface area contributed by atoms with Crippen LogP contribution < -0.4 is 5.32 Å². The third kappa shape index (κ3) is 4.06. The molecule has 7 nitrogen and oxygen atoms in total. The molecule has 1 N–H and O–H groups in total. The largest absolute Gasteiger partial charge is 0.341 e. The molecule has 1 aliphatic rings. The third-order valence-corrected chi connectivity index (χ3v) is 4.04. The van der Waals surface area contributed by atoms with E-state index in [0.29, 0.717) is 11.1 Å². The van der Waals surface area contributed by atoms with Crippen molar-refractivity contribution in [3.63, 3.8) is 0 Å². The molecular formula is C16H21N3O4. The quantitative estimate of drug-likeness (QED) is 0.679. The van der Waals surface area contributed by atoms with Gasteiger partial charge in [-0.3, -0.25) is 19.7 Å². The van der Waals surface area contributed by atoms with Gasteiger partial charge in [0.2, 0.25) is 5.91 Å². The van der Waals surface area contributed by atoms with Gasteiger partial charge in [-0.05, 0) is 45.2 Å². The van der Waals surface area contributed by atoms with Gasteiger partial charge in [-0.1, -0.05) is 0 Å². The third-order valence-electron chi connectivity index (χ3n) is 4.04. The Morgan fingerprint density at radius 2 is 1.91 bits per heavy atom. The van der Waals surface area contributed by atoms with Crippen molar-refractivity contribution < 1.29 is 14.5 Å². The minimum atomic E-state index is -0.615. The average Bonchev–Trinajstić information content (AvgIpc) is 2.54. The summed E-state index contributed by atoms with van der Waals surface area (Å²) < 4.78 is 0. The summed E-state index contributed by atoms with van der Waals surface area (Å²) in [6, 6.07) is 3.56. The minimum absolute atomic E-state index is 0.0287. The van der Waals surface area contributed by atoms with Crippen LogP contribution in [0.4, 0.5) is 5.69 Å². The number of aryl methyl sites for hydroxylation is 1. The molecule has 2 amide bonds. The van der Waals surface area contributed by atoms with Gasteiger partial charge in [-0.25, -0.2) is 0 Å². The van der Waals surface area contributed by atoms with Crippen molar-refractivity contribution in [3.8, 4) is 0 Å². The first-order valence-corrected chi connectivity index (χ1v) is 7.75. The van der Waals surface area contributed by atoms with Gasteiger partial charge in [-0.2, -0.15) is 0 Å². The first kappa shape index (κ1) is 16.9. The lowest BCUT2D eigenvalue weighted by atomic mass is 10.1. The summed E-state index contributed by atoms with van der Waals surface area (Å²) in [5.41, 5.74) is 0.697. The van der Waals surface area contributed by atoms with E-state index in [0.717, 1.165) is 32.4 Å². The molecule has 1 aromatic rings. The van der Waals surface area contributed by atoms with E-state index in [2.05, 4.69) is 5.32 Å². The fraction of sp³-hybridized carbons (Fsp3) is 0.500. The van der Waals surface area contributed by atoms with Crippen LogP contribution in [0.3, 0.4) is 0 Å². The van der Waals surface area contributed by atoms with Crippen LogP contribution in [-0.2, 0) is 4.79 Å². The summed E-state index contributed by atoms with van der Waals surface area (Å²) in [7, 11) is 0. The number of carbonyl (C=O) groups excluding carboxylic acids is 2. The van der Waals surface area contributed by atoms with E-state index in [1.807, 2.05) is 0 Å². The maximum Gasteiger partial charge on any atom is 0.272 e. The lowest BCUT2D eigenvalue weighted by Crippen LogP contribution is -2.48. The molecule has 0 aromatic heterocycles. The van der Waals surface area contributed by atoms with Crippen LogP contribution in [0.15, 0.2) is 18.2 Å². The molecule has 1 heterocycles. The van der Waals surface area contributed by atoms with Gasteiger partial charge in [0.1, 0.15) is 6.04 Å². The van der Waals surface area contributed by atoms with Crippen molar-refractivity contribution in [1.29, 1.82) is 0 Å². The maximum atomic E-state index is 12.3. The standard InChI is InChI=1S/C16H21N3O4/c1-11-10-13(6-7-14(11)19(22)23)15(20)17-12(2)16(21)18-8-4-3-5-9-18/h6-7,10,12H,3-5,8-9H2,1-2H3,(H,17,20). The Hall–Kier alpha value is -2.44. The molecule has 23 heavy (non-hydrogen) atoms. The van der Waals surface area contributed by atoms with Crippen molar-refractivity contribution in [3.05, 3.63) is 39.4 Å². The zero-order valence-corrected chi connectivity index (χ0v) is 13.4. The lowest BCUT2D eigenvalue weighted by molar-refractivity contribution is -0.385.